The summed E-state index contributed by atoms with van der Waals surface area (Å²) >= 11 is 0. The molecule has 0 fully saturated rings. The number of hydroxylamine groups is 2. The van der Waals surface area contributed by atoms with Gasteiger partial charge in [0, 0.05) is 12.5 Å². The maximum Gasteiger partial charge on any atom is 0.444 e. The summed E-state index contributed by atoms with van der Waals surface area (Å²) in [6.07, 6.45) is -2.29. The van der Waals surface area contributed by atoms with Crippen molar-refractivity contribution in [1.82, 2.24) is 15.7 Å². The molecule has 13 nitrogen and oxygen atoms in total. The van der Waals surface area contributed by atoms with Gasteiger partial charge < -0.3 is 30.0 Å². The van der Waals surface area contributed by atoms with Crippen molar-refractivity contribution >= 4 is 30.2 Å². The zero-order valence-corrected chi connectivity index (χ0v) is 27.1. The van der Waals surface area contributed by atoms with Gasteiger partial charge in [0.25, 0.3) is 0 Å². The molecule has 2 aromatic carbocycles. The summed E-state index contributed by atoms with van der Waals surface area (Å²) in [4.78, 5) is 66.7. The normalized spacial score (nSPS) is 13.1. The van der Waals surface area contributed by atoms with Crippen LogP contribution in [-0.2, 0) is 28.6 Å². The SMILES string of the molecule is CC(C)(C)OC(=O)N(OCC(=O)NCCCC[C@H](NC(=O)OCC1c2ccccc2-c2ccccc21)C(=O)O)C(=O)OC(C)(C)C. The van der Waals surface area contributed by atoms with Crippen LogP contribution in [0.15, 0.2) is 48.5 Å². The van der Waals surface area contributed by atoms with Crippen molar-refractivity contribution in [2.45, 2.75) is 84.0 Å². The van der Waals surface area contributed by atoms with Crippen molar-refractivity contribution in [3.05, 3.63) is 59.7 Å². The number of amides is 4. The Labute approximate surface area is 268 Å². The van der Waals surface area contributed by atoms with Gasteiger partial charge in [-0.3, -0.25) is 4.79 Å². The van der Waals surface area contributed by atoms with Gasteiger partial charge >= 0.3 is 24.2 Å². The Morgan fingerprint density at radius 1 is 0.826 bits per heavy atom. The fourth-order valence-corrected chi connectivity index (χ4v) is 4.70. The predicted molar refractivity (Wildman–Crippen MR) is 167 cm³/mol. The molecule has 1 aliphatic carbocycles. The first-order valence-corrected chi connectivity index (χ1v) is 15.1. The number of fused-ring (bicyclic) bond motifs is 3. The van der Waals surface area contributed by atoms with Crippen molar-refractivity contribution in [3.63, 3.8) is 0 Å². The smallest absolute Gasteiger partial charge is 0.444 e. The van der Waals surface area contributed by atoms with Crippen LogP contribution in [0.2, 0.25) is 0 Å². The summed E-state index contributed by atoms with van der Waals surface area (Å²) in [6.45, 7) is 9.15. The Balaban J connectivity index is 1.42. The van der Waals surface area contributed by atoms with Gasteiger partial charge in [0.05, 0.1) is 0 Å². The highest BCUT2D eigenvalue weighted by molar-refractivity contribution is 5.87. The number of carboxylic acid groups (broad SMARTS) is 1. The summed E-state index contributed by atoms with van der Waals surface area (Å²) < 4.78 is 15.8. The number of rotatable bonds is 12. The number of carbonyl (C=O) groups is 5. The third kappa shape index (κ3) is 10.8. The molecular formula is C33H43N3O10. The van der Waals surface area contributed by atoms with Crippen molar-refractivity contribution in [2.75, 3.05) is 19.8 Å². The third-order valence-electron chi connectivity index (χ3n) is 6.62. The van der Waals surface area contributed by atoms with Gasteiger partial charge in [0.2, 0.25) is 5.91 Å². The minimum atomic E-state index is -1.21. The maximum atomic E-state index is 12.6. The summed E-state index contributed by atoms with van der Waals surface area (Å²) in [6, 6.07) is 14.6. The Morgan fingerprint density at radius 3 is 1.85 bits per heavy atom. The summed E-state index contributed by atoms with van der Waals surface area (Å²) in [5.74, 6) is -2.01. The van der Waals surface area contributed by atoms with Crippen LogP contribution < -0.4 is 10.6 Å². The lowest BCUT2D eigenvalue weighted by Gasteiger charge is -2.27. The van der Waals surface area contributed by atoms with E-state index < -0.39 is 54.0 Å². The Morgan fingerprint density at radius 2 is 1.35 bits per heavy atom. The first-order valence-electron chi connectivity index (χ1n) is 15.1. The molecular weight excluding hydrogens is 598 g/mol. The van der Waals surface area contributed by atoms with Crippen LogP contribution in [0.5, 0.6) is 0 Å². The van der Waals surface area contributed by atoms with E-state index in [0.717, 1.165) is 22.3 Å². The van der Waals surface area contributed by atoms with E-state index in [0.29, 0.717) is 12.8 Å². The molecule has 0 saturated carbocycles. The van der Waals surface area contributed by atoms with Gasteiger partial charge in [0.15, 0.2) is 6.61 Å². The average Bonchev–Trinajstić information content (AvgIpc) is 3.27. The van der Waals surface area contributed by atoms with E-state index in [1.807, 2.05) is 48.5 Å². The van der Waals surface area contributed by atoms with E-state index >= 15 is 0 Å². The van der Waals surface area contributed by atoms with Gasteiger partial charge in [-0.25, -0.2) is 24.0 Å². The highest BCUT2D eigenvalue weighted by Crippen LogP contribution is 2.44. The first kappa shape index (κ1) is 35.8. The molecule has 0 aliphatic heterocycles. The second-order valence-corrected chi connectivity index (χ2v) is 12.7. The summed E-state index contributed by atoms with van der Waals surface area (Å²) in [5.41, 5.74) is 2.38. The monoisotopic (exact) mass is 641 g/mol. The number of carboxylic acids is 1. The number of benzene rings is 2. The largest absolute Gasteiger partial charge is 0.480 e. The number of imide groups is 1. The number of nitrogens with one attached hydrogen (secondary N) is 2. The van der Waals surface area contributed by atoms with Crippen molar-refractivity contribution < 1.29 is 48.1 Å². The third-order valence-corrected chi connectivity index (χ3v) is 6.62. The van der Waals surface area contributed by atoms with Gasteiger partial charge in [-0.2, -0.15) is 0 Å². The fraction of sp³-hybridized carbons (Fsp3) is 0.485. The zero-order chi connectivity index (χ0) is 34.1. The van der Waals surface area contributed by atoms with Crippen LogP contribution in [0.3, 0.4) is 0 Å². The fourth-order valence-electron chi connectivity index (χ4n) is 4.70. The number of alkyl carbamates (subject to hydrolysis) is 1. The average molecular weight is 642 g/mol. The first-order chi connectivity index (χ1) is 21.6. The van der Waals surface area contributed by atoms with Crippen LogP contribution in [0, 0.1) is 0 Å². The molecule has 0 radical (unpaired) electrons. The highest BCUT2D eigenvalue weighted by Gasteiger charge is 2.33. The topological polar surface area (TPSA) is 170 Å². The minimum absolute atomic E-state index is 0.0551. The van der Waals surface area contributed by atoms with E-state index in [1.54, 1.807) is 41.5 Å². The van der Waals surface area contributed by atoms with Crippen LogP contribution in [0.4, 0.5) is 14.4 Å². The quantitative estimate of drug-likeness (QED) is 0.156. The number of hydrogen-bond acceptors (Lipinski definition) is 9. The number of carbonyl (C=O) groups excluding carboxylic acids is 4. The molecule has 0 aromatic heterocycles. The van der Waals surface area contributed by atoms with Crippen LogP contribution in [0.25, 0.3) is 11.1 Å². The van der Waals surface area contributed by atoms with Gasteiger partial charge in [0.1, 0.15) is 23.9 Å². The standard InChI is InChI=1S/C33H43N3O10/c1-32(2,3)45-30(41)36(31(42)46-33(4,5)6)44-20-27(37)34-18-12-11-17-26(28(38)39)35-29(40)43-19-25-23-15-9-7-13-21(23)22-14-8-10-16-24(22)25/h7-10,13-16,25-26H,11-12,17-20H2,1-6H3,(H,34,37)(H,35,40)(H,38,39)/t26-/m0/s1. The van der Waals surface area contributed by atoms with E-state index in [-0.39, 0.29) is 30.6 Å². The van der Waals surface area contributed by atoms with Crippen LogP contribution >= 0.6 is 0 Å². The number of ether oxygens (including phenoxy) is 3. The number of nitrogens with zero attached hydrogens (tertiary/aromatic N) is 1. The second-order valence-electron chi connectivity index (χ2n) is 12.7. The van der Waals surface area contributed by atoms with Gasteiger partial charge in [-0.15, -0.1) is 0 Å². The lowest BCUT2D eigenvalue weighted by Crippen LogP contribution is -2.45. The van der Waals surface area contributed by atoms with Crippen molar-refractivity contribution in [1.29, 1.82) is 0 Å². The van der Waals surface area contributed by atoms with E-state index in [1.165, 1.54) is 0 Å². The Hall–Kier alpha value is -4.65. The summed E-state index contributed by atoms with van der Waals surface area (Å²) in [5, 5.41) is 14.9. The molecule has 3 rings (SSSR count). The molecule has 0 bridgehead atoms. The molecule has 0 unspecified atom stereocenters. The molecule has 46 heavy (non-hydrogen) atoms. The molecule has 3 N–H and O–H groups in total. The van der Waals surface area contributed by atoms with Gasteiger partial charge in [-0.1, -0.05) is 53.6 Å². The van der Waals surface area contributed by atoms with E-state index in [9.17, 15) is 29.1 Å². The number of unbranched alkanes of at least 4 members (excludes halogenated alkanes) is 1. The maximum absolute atomic E-state index is 12.6. The zero-order valence-electron chi connectivity index (χ0n) is 27.1. The summed E-state index contributed by atoms with van der Waals surface area (Å²) in [7, 11) is 0. The molecule has 4 amide bonds. The number of hydrogen-bond donors (Lipinski definition) is 3. The van der Waals surface area contributed by atoms with E-state index in [4.69, 9.17) is 19.0 Å². The Bertz CT molecular complexity index is 1340. The molecule has 0 spiro atoms. The second kappa shape index (κ2) is 15.6. The van der Waals surface area contributed by atoms with Crippen molar-refractivity contribution in [3.8, 4) is 11.1 Å². The molecule has 2 aromatic rings. The Kier molecular flexibility index (Phi) is 12.1. The van der Waals surface area contributed by atoms with Crippen molar-refractivity contribution in [2.24, 2.45) is 0 Å². The molecule has 250 valence electrons. The van der Waals surface area contributed by atoms with Crippen LogP contribution in [0.1, 0.15) is 77.8 Å². The number of aliphatic carboxylic acids is 1. The predicted octanol–water partition coefficient (Wildman–Crippen LogP) is 5.37. The van der Waals surface area contributed by atoms with Gasteiger partial charge in [-0.05, 0) is 83.1 Å². The van der Waals surface area contributed by atoms with Crippen LogP contribution in [-0.4, -0.2) is 77.3 Å². The molecule has 0 saturated heterocycles. The molecule has 1 aliphatic rings. The lowest BCUT2D eigenvalue weighted by atomic mass is 9.98. The highest BCUT2D eigenvalue weighted by atomic mass is 16.8. The molecule has 0 heterocycles. The van der Waals surface area contributed by atoms with E-state index in [2.05, 4.69) is 10.6 Å². The molecule has 1 atom stereocenters. The lowest BCUT2D eigenvalue weighted by molar-refractivity contribution is -0.154. The molecule has 13 heteroatoms. The minimum Gasteiger partial charge on any atom is -0.480 e.